The van der Waals surface area contributed by atoms with Gasteiger partial charge in [0.15, 0.2) is 0 Å². The molecule has 0 fully saturated rings. The van der Waals surface area contributed by atoms with Crippen LogP contribution in [0.5, 0.6) is 0 Å². The zero-order chi connectivity index (χ0) is 16.5. The number of amides is 2. The Bertz CT molecular complexity index is 491. The van der Waals surface area contributed by atoms with Crippen molar-refractivity contribution in [3.05, 3.63) is 29.8 Å². The fourth-order valence-corrected chi connectivity index (χ4v) is 2.91. The molecule has 1 aromatic carbocycles. The standard InChI is InChI=1S/C16H24N2O3S/c1-4-18(9-10-19)16(21)15(17-13(3)20)11-22-14-7-5-12(2)6-8-14/h5-8,15,19H,4,9-11H2,1-3H3,(H,17,20). The fourth-order valence-electron chi connectivity index (χ4n) is 2.00. The van der Waals surface area contributed by atoms with Crippen molar-refractivity contribution in [3.63, 3.8) is 0 Å². The summed E-state index contributed by atoms with van der Waals surface area (Å²) in [7, 11) is 0. The van der Waals surface area contributed by atoms with Gasteiger partial charge in [0, 0.05) is 30.7 Å². The van der Waals surface area contributed by atoms with Crippen molar-refractivity contribution in [3.8, 4) is 0 Å². The molecular weight excluding hydrogens is 300 g/mol. The van der Waals surface area contributed by atoms with E-state index in [-0.39, 0.29) is 25.0 Å². The van der Waals surface area contributed by atoms with Crippen molar-refractivity contribution in [2.45, 2.75) is 31.7 Å². The molecular formula is C16H24N2O3S. The second-order valence-electron chi connectivity index (χ2n) is 5.02. The van der Waals surface area contributed by atoms with Crippen molar-refractivity contribution in [2.75, 3.05) is 25.4 Å². The van der Waals surface area contributed by atoms with Gasteiger partial charge in [-0.3, -0.25) is 9.59 Å². The Hall–Kier alpha value is -1.53. The van der Waals surface area contributed by atoms with Crippen LogP contribution in [0.15, 0.2) is 29.2 Å². The van der Waals surface area contributed by atoms with Gasteiger partial charge >= 0.3 is 0 Å². The zero-order valence-electron chi connectivity index (χ0n) is 13.3. The average molecular weight is 324 g/mol. The van der Waals surface area contributed by atoms with Crippen molar-refractivity contribution in [2.24, 2.45) is 0 Å². The molecule has 1 rings (SSSR count). The van der Waals surface area contributed by atoms with Crippen LogP contribution in [0.25, 0.3) is 0 Å². The Morgan fingerprint density at radius 2 is 1.95 bits per heavy atom. The number of thioether (sulfide) groups is 1. The second kappa shape index (κ2) is 9.48. The van der Waals surface area contributed by atoms with Crippen molar-refractivity contribution < 1.29 is 14.7 Å². The SMILES string of the molecule is CCN(CCO)C(=O)C(CSc1ccc(C)cc1)NC(C)=O. The quantitative estimate of drug-likeness (QED) is 0.710. The van der Waals surface area contributed by atoms with E-state index >= 15 is 0 Å². The first-order chi connectivity index (χ1) is 10.5. The van der Waals surface area contributed by atoms with Gasteiger partial charge in [0.25, 0.3) is 0 Å². The van der Waals surface area contributed by atoms with Gasteiger partial charge in [-0.2, -0.15) is 0 Å². The minimum absolute atomic E-state index is 0.0858. The van der Waals surface area contributed by atoms with E-state index in [1.165, 1.54) is 24.2 Å². The monoisotopic (exact) mass is 324 g/mol. The summed E-state index contributed by atoms with van der Waals surface area (Å²) < 4.78 is 0. The Morgan fingerprint density at radius 3 is 2.45 bits per heavy atom. The molecule has 0 aromatic heterocycles. The summed E-state index contributed by atoms with van der Waals surface area (Å²) in [5.74, 6) is 0.0675. The first-order valence-corrected chi connectivity index (χ1v) is 8.32. The number of hydrogen-bond donors (Lipinski definition) is 2. The lowest BCUT2D eigenvalue weighted by Crippen LogP contribution is -2.50. The summed E-state index contributed by atoms with van der Waals surface area (Å²) in [5.41, 5.74) is 1.18. The number of benzene rings is 1. The van der Waals surface area contributed by atoms with E-state index in [0.717, 1.165) is 4.90 Å². The zero-order valence-corrected chi connectivity index (χ0v) is 14.2. The van der Waals surface area contributed by atoms with Gasteiger partial charge in [-0.05, 0) is 26.0 Å². The summed E-state index contributed by atoms with van der Waals surface area (Å²) in [4.78, 5) is 26.4. The molecule has 22 heavy (non-hydrogen) atoms. The van der Waals surface area contributed by atoms with Crippen molar-refractivity contribution >= 4 is 23.6 Å². The number of hydrogen-bond acceptors (Lipinski definition) is 4. The topological polar surface area (TPSA) is 69.6 Å². The number of likely N-dealkylation sites (N-methyl/N-ethyl adjacent to an activating group) is 1. The van der Waals surface area contributed by atoms with E-state index in [2.05, 4.69) is 5.32 Å². The summed E-state index contributed by atoms with van der Waals surface area (Å²) in [6, 6.07) is 7.44. The number of carbonyl (C=O) groups is 2. The van der Waals surface area contributed by atoms with Gasteiger partial charge in [0.2, 0.25) is 11.8 Å². The van der Waals surface area contributed by atoms with Crippen LogP contribution in [0, 0.1) is 6.92 Å². The van der Waals surface area contributed by atoms with Gasteiger partial charge in [-0.15, -0.1) is 11.8 Å². The molecule has 0 bridgehead atoms. The highest BCUT2D eigenvalue weighted by molar-refractivity contribution is 7.99. The second-order valence-corrected chi connectivity index (χ2v) is 6.11. The lowest BCUT2D eigenvalue weighted by molar-refractivity contribution is -0.135. The predicted molar refractivity (Wildman–Crippen MR) is 88.8 cm³/mol. The van der Waals surface area contributed by atoms with Crippen LogP contribution in [0.2, 0.25) is 0 Å². The molecule has 1 aromatic rings. The first-order valence-electron chi connectivity index (χ1n) is 7.34. The number of aliphatic hydroxyl groups is 1. The molecule has 2 amide bonds. The molecule has 1 unspecified atom stereocenters. The van der Waals surface area contributed by atoms with Crippen LogP contribution in [-0.4, -0.2) is 53.3 Å². The molecule has 0 radical (unpaired) electrons. The normalized spacial score (nSPS) is 11.8. The number of nitrogens with zero attached hydrogens (tertiary/aromatic N) is 1. The highest BCUT2D eigenvalue weighted by atomic mass is 32.2. The molecule has 122 valence electrons. The van der Waals surface area contributed by atoms with E-state index in [4.69, 9.17) is 5.11 Å². The van der Waals surface area contributed by atoms with E-state index in [0.29, 0.717) is 12.3 Å². The molecule has 0 aliphatic heterocycles. The number of carbonyl (C=O) groups excluding carboxylic acids is 2. The third-order valence-corrected chi connectivity index (χ3v) is 4.28. The Kier molecular flexibility index (Phi) is 7.98. The number of aliphatic hydroxyl groups excluding tert-OH is 1. The van der Waals surface area contributed by atoms with Crippen molar-refractivity contribution in [1.82, 2.24) is 10.2 Å². The van der Waals surface area contributed by atoms with Gasteiger partial charge < -0.3 is 15.3 Å². The largest absolute Gasteiger partial charge is 0.395 e. The van der Waals surface area contributed by atoms with Gasteiger partial charge in [0.05, 0.1) is 6.61 Å². The van der Waals surface area contributed by atoms with Gasteiger partial charge in [-0.25, -0.2) is 0 Å². The maximum absolute atomic E-state index is 12.5. The van der Waals surface area contributed by atoms with Crippen molar-refractivity contribution in [1.29, 1.82) is 0 Å². The first kappa shape index (κ1) is 18.5. The third kappa shape index (κ3) is 6.07. The minimum Gasteiger partial charge on any atom is -0.395 e. The molecule has 0 aliphatic carbocycles. The lowest BCUT2D eigenvalue weighted by Gasteiger charge is -2.26. The number of rotatable bonds is 8. The molecule has 0 aliphatic rings. The molecule has 5 nitrogen and oxygen atoms in total. The minimum atomic E-state index is -0.588. The van der Waals surface area contributed by atoms with E-state index in [1.54, 1.807) is 4.90 Å². The van der Waals surface area contributed by atoms with Crippen LogP contribution < -0.4 is 5.32 Å². The molecule has 1 atom stereocenters. The van der Waals surface area contributed by atoms with Crippen LogP contribution >= 0.6 is 11.8 Å². The molecule has 0 saturated heterocycles. The smallest absolute Gasteiger partial charge is 0.246 e. The Labute approximate surface area is 136 Å². The van der Waals surface area contributed by atoms with Crippen LogP contribution in [-0.2, 0) is 9.59 Å². The lowest BCUT2D eigenvalue weighted by atomic mass is 10.2. The van der Waals surface area contributed by atoms with E-state index in [9.17, 15) is 9.59 Å². The predicted octanol–water partition coefficient (Wildman–Crippen LogP) is 1.43. The molecule has 2 N–H and O–H groups in total. The summed E-state index contributed by atoms with van der Waals surface area (Å²) in [5, 5.41) is 11.7. The summed E-state index contributed by atoms with van der Waals surface area (Å²) >= 11 is 1.53. The molecule has 0 saturated carbocycles. The third-order valence-electron chi connectivity index (χ3n) is 3.18. The Morgan fingerprint density at radius 1 is 1.32 bits per heavy atom. The van der Waals surface area contributed by atoms with Crippen LogP contribution in [0.4, 0.5) is 0 Å². The molecule has 0 spiro atoms. The summed E-state index contributed by atoms with van der Waals surface area (Å²) in [6.45, 7) is 5.97. The highest BCUT2D eigenvalue weighted by Crippen LogP contribution is 2.19. The average Bonchev–Trinajstić information content (AvgIpc) is 2.49. The van der Waals surface area contributed by atoms with Gasteiger partial charge in [0.1, 0.15) is 6.04 Å². The number of nitrogens with one attached hydrogen (secondary N) is 1. The molecule has 6 heteroatoms. The maximum atomic E-state index is 12.5. The molecule has 0 heterocycles. The highest BCUT2D eigenvalue weighted by Gasteiger charge is 2.24. The maximum Gasteiger partial charge on any atom is 0.246 e. The summed E-state index contributed by atoms with van der Waals surface area (Å²) in [6.07, 6.45) is 0. The van der Waals surface area contributed by atoms with Gasteiger partial charge in [-0.1, -0.05) is 17.7 Å². The van der Waals surface area contributed by atoms with Crippen LogP contribution in [0.1, 0.15) is 19.4 Å². The van der Waals surface area contributed by atoms with E-state index in [1.807, 2.05) is 38.1 Å². The Balaban J connectivity index is 2.72. The number of aryl methyl sites for hydroxylation is 1. The fraction of sp³-hybridized carbons (Fsp3) is 0.500. The van der Waals surface area contributed by atoms with E-state index < -0.39 is 6.04 Å². The van der Waals surface area contributed by atoms with Crippen LogP contribution in [0.3, 0.4) is 0 Å².